The number of oxime groups is 1. The quantitative estimate of drug-likeness (QED) is 0.676. The molecule has 0 radical (unpaired) electrons. The Balaban J connectivity index is 2.18. The lowest BCUT2D eigenvalue weighted by Crippen LogP contribution is -2.18. The number of nitrogens with zero attached hydrogens (tertiary/aromatic N) is 1. The Morgan fingerprint density at radius 2 is 2.43 bits per heavy atom. The molecule has 1 rings (SSSR count). The molecule has 0 aliphatic carbocycles. The fourth-order valence-electron chi connectivity index (χ4n) is 1.03. The smallest absolute Gasteiger partial charge is 0.306 e. The van der Waals surface area contributed by atoms with Gasteiger partial charge in [-0.3, -0.25) is 4.79 Å². The summed E-state index contributed by atoms with van der Waals surface area (Å²) in [6, 6.07) is 0. The minimum absolute atomic E-state index is 0.184. The highest BCUT2D eigenvalue weighted by Crippen LogP contribution is 2.27. The highest BCUT2D eigenvalue weighted by molar-refractivity contribution is 8.13. The van der Waals surface area contributed by atoms with Gasteiger partial charge in [-0.2, -0.15) is 0 Å². The third-order valence-electron chi connectivity index (χ3n) is 1.77. The molecule has 4 nitrogen and oxygen atoms in total. The summed E-state index contributed by atoms with van der Waals surface area (Å²) in [6.45, 7) is 3.98. The van der Waals surface area contributed by atoms with E-state index in [-0.39, 0.29) is 11.6 Å². The minimum atomic E-state index is -0.187. The van der Waals surface area contributed by atoms with Crippen molar-refractivity contribution in [1.82, 2.24) is 0 Å². The first kappa shape index (κ1) is 11.4. The first-order chi connectivity index (χ1) is 6.53. The number of methoxy groups -OCH3 is 1. The summed E-state index contributed by atoms with van der Waals surface area (Å²) in [5, 5.41) is 4.90. The van der Waals surface area contributed by atoms with Crippen molar-refractivity contribution in [2.45, 2.75) is 32.3 Å². The van der Waals surface area contributed by atoms with Gasteiger partial charge >= 0.3 is 5.97 Å². The molecule has 0 fully saturated rings. The SMILES string of the molecule is COC(=O)CCSC1=NOC(C)(C)C1. The van der Waals surface area contributed by atoms with Crippen molar-refractivity contribution in [2.75, 3.05) is 12.9 Å². The van der Waals surface area contributed by atoms with Crippen molar-refractivity contribution in [1.29, 1.82) is 0 Å². The van der Waals surface area contributed by atoms with Crippen LogP contribution in [0.2, 0.25) is 0 Å². The molecule has 0 saturated carbocycles. The Hall–Kier alpha value is -0.710. The van der Waals surface area contributed by atoms with E-state index in [2.05, 4.69) is 9.89 Å². The molecule has 0 atom stereocenters. The van der Waals surface area contributed by atoms with Gasteiger partial charge in [0.2, 0.25) is 0 Å². The van der Waals surface area contributed by atoms with Gasteiger partial charge < -0.3 is 9.57 Å². The minimum Gasteiger partial charge on any atom is -0.469 e. The summed E-state index contributed by atoms with van der Waals surface area (Å²) in [5.41, 5.74) is -0.187. The van der Waals surface area contributed by atoms with Gasteiger partial charge in [0.1, 0.15) is 10.6 Å². The molecule has 0 bridgehead atoms. The molecule has 1 heterocycles. The molecule has 80 valence electrons. The predicted molar refractivity (Wildman–Crippen MR) is 56.3 cm³/mol. The van der Waals surface area contributed by atoms with Crippen molar-refractivity contribution >= 4 is 22.8 Å². The summed E-state index contributed by atoms with van der Waals surface area (Å²) in [4.78, 5) is 16.0. The average Bonchev–Trinajstić information content (AvgIpc) is 2.45. The predicted octanol–water partition coefficient (Wildman–Crippen LogP) is 1.80. The largest absolute Gasteiger partial charge is 0.469 e. The number of carbonyl (C=O) groups excluding carboxylic acids is 1. The number of ether oxygens (including phenoxy) is 1. The van der Waals surface area contributed by atoms with Crippen molar-refractivity contribution < 1.29 is 14.4 Å². The molecule has 0 aromatic heterocycles. The topological polar surface area (TPSA) is 47.9 Å². The maximum absolute atomic E-state index is 10.8. The maximum Gasteiger partial charge on any atom is 0.306 e. The van der Waals surface area contributed by atoms with Crippen LogP contribution in [0, 0.1) is 0 Å². The molecule has 0 N–H and O–H groups in total. The average molecular weight is 217 g/mol. The number of hydrogen-bond donors (Lipinski definition) is 0. The van der Waals surface area contributed by atoms with E-state index in [1.54, 1.807) is 11.8 Å². The van der Waals surface area contributed by atoms with E-state index in [9.17, 15) is 4.79 Å². The van der Waals surface area contributed by atoms with Crippen LogP contribution < -0.4 is 0 Å². The summed E-state index contributed by atoms with van der Waals surface area (Å²) in [5.74, 6) is 0.515. The van der Waals surface area contributed by atoms with E-state index in [0.717, 1.165) is 11.5 Å². The van der Waals surface area contributed by atoms with E-state index in [0.29, 0.717) is 12.2 Å². The van der Waals surface area contributed by atoms with Crippen molar-refractivity contribution in [3.8, 4) is 0 Å². The van der Waals surface area contributed by atoms with E-state index in [1.807, 2.05) is 13.8 Å². The number of rotatable bonds is 3. The molecule has 0 saturated heterocycles. The van der Waals surface area contributed by atoms with Gasteiger partial charge in [0.05, 0.1) is 13.5 Å². The van der Waals surface area contributed by atoms with Gasteiger partial charge in [0.15, 0.2) is 0 Å². The van der Waals surface area contributed by atoms with Crippen LogP contribution in [-0.4, -0.2) is 29.5 Å². The van der Waals surface area contributed by atoms with Crippen LogP contribution in [0.3, 0.4) is 0 Å². The van der Waals surface area contributed by atoms with Crippen LogP contribution in [0.5, 0.6) is 0 Å². The summed E-state index contributed by atoms with van der Waals surface area (Å²) < 4.78 is 4.53. The van der Waals surface area contributed by atoms with Crippen LogP contribution in [0.4, 0.5) is 0 Å². The Bertz CT molecular complexity index is 250. The maximum atomic E-state index is 10.8. The summed E-state index contributed by atoms with van der Waals surface area (Å²) >= 11 is 1.55. The van der Waals surface area contributed by atoms with Crippen LogP contribution in [0.1, 0.15) is 26.7 Å². The number of carbonyl (C=O) groups is 1. The second-order valence-electron chi connectivity index (χ2n) is 3.69. The number of esters is 1. The molecule has 0 unspecified atom stereocenters. The van der Waals surface area contributed by atoms with Gasteiger partial charge in [0, 0.05) is 12.2 Å². The zero-order valence-corrected chi connectivity index (χ0v) is 9.52. The normalized spacial score (nSPS) is 18.6. The van der Waals surface area contributed by atoms with Crippen LogP contribution in [-0.2, 0) is 14.4 Å². The Kier molecular flexibility index (Phi) is 3.80. The van der Waals surface area contributed by atoms with Crippen molar-refractivity contribution in [3.05, 3.63) is 0 Å². The van der Waals surface area contributed by atoms with Crippen LogP contribution >= 0.6 is 11.8 Å². The van der Waals surface area contributed by atoms with Gasteiger partial charge in [-0.15, -0.1) is 11.8 Å². The van der Waals surface area contributed by atoms with Gasteiger partial charge in [-0.25, -0.2) is 0 Å². The lowest BCUT2D eigenvalue weighted by atomic mass is 10.1. The third kappa shape index (κ3) is 3.57. The van der Waals surface area contributed by atoms with Crippen molar-refractivity contribution in [3.63, 3.8) is 0 Å². The van der Waals surface area contributed by atoms with E-state index in [4.69, 9.17) is 4.84 Å². The standard InChI is InChI=1S/C9H15NO3S/c1-9(2)6-7(10-13-9)14-5-4-8(11)12-3/h4-6H2,1-3H3. The van der Waals surface area contributed by atoms with E-state index < -0.39 is 0 Å². The molecule has 0 spiro atoms. The number of thioether (sulfide) groups is 1. The zero-order valence-electron chi connectivity index (χ0n) is 8.70. The molecule has 5 heteroatoms. The Labute approximate surface area is 88.0 Å². The molecule has 1 aliphatic rings. The molecular weight excluding hydrogens is 202 g/mol. The third-order valence-corrected chi connectivity index (χ3v) is 2.73. The Morgan fingerprint density at radius 1 is 1.71 bits per heavy atom. The first-order valence-corrected chi connectivity index (χ1v) is 5.47. The highest BCUT2D eigenvalue weighted by Gasteiger charge is 2.28. The first-order valence-electron chi connectivity index (χ1n) is 4.48. The van der Waals surface area contributed by atoms with E-state index in [1.165, 1.54) is 7.11 Å². The monoisotopic (exact) mass is 217 g/mol. The fourth-order valence-corrected chi connectivity index (χ4v) is 2.08. The molecular formula is C9H15NO3S. The lowest BCUT2D eigenvalue weighted by molar-refractivity contribution is -0.140. The molecule has 14 heavy (non-hydrogen) atoms. The second-order valence-corrected chi connectivity index (χ2v) is 4.86. The molecule has 0 aromatic carbocycles. The molecule has 0 aromatic rings. The zero-order chi connectivity index (χ0) is 10.6. The molecule has 0 amide bonds. The van der Waals surface area contributed by atoms with E-state index >= 15 is 0 Å². The van der Waals surface area contributed by atoms with Crippen molar-refractivity contribution in [2.24, 2.45) is 5.16 Å². The highest BCUT2D eigenvalue weighted by atomic mass is 32.2. The molecule has 1 aliphatic heterocycles. The van der Waals surface area contributed by atoms with Crippen LogP contribution in [0.15, 0.2) is 5.16 Å². The lowest BCUT2D eigenvalue weighted by Gasteiger charge is -2.12. The summed E-state index contributed by atoms with van der Waals surface area (Å²) in [6.07, 6.45) is 1.24. The fraction of sp³-hybridized carbons (Fsp3) is 0.778. The van der Waals surface area contributed by atoms with Crippen LogP contribution in [0.25, 0.3) is 0 Å². The van der Waals surface area contributed by atoms with Gasteiger partial charge in [-0.1, -0.05) is 5.16 Å². The number of hydrogen-bond acceptors (Lipinski definition) is 5. The summed E-state index contributed by atoms with van der Waals surface area (Å²) in [7, 11) is 1.40. The van der Waals surface area contributed by atoms with Gasteiger partial charge in [0.25, 0.3) is 0 Å². The second kappa shape index (κ2) is 4.68. The Morgan fingerprint density at radius 3 is 2.93 bits per heavy atom. The van der Waals surface area contributed by atoms with Gasteiger partial charge in [-0.05, 0) is 13.8 Å².